The van der Waals surface area contributed by atoms with Gasteiger partial charge in [-0.25, -0.2) is 19.2 Å². The van der Waals surface area contributed by atoms with Crippen molar-refractivity contribution in [1.29, 1.82) is 0 Å². The van der Waals surface area contributed by atoms with Crippen molar-refractivity contribution in [2.75, 3.05) is 10.2 Å². The monoisotopic (exact) mass is 572 g/mol. The molecule has 1 aliphatic rings. The number of aromatic amines is 1. The Morgan fingerprint density at radius 1 is 0.860 bits per heavy atom. The van der Waals surface area contributed by atoms with Crippen LogP contribution in [-0.2, 0) is 11.3 Å². The maximum absolute atomic E-state index is 15.1. The van der Waals surface area contributed by atoms with Crippen LogP contribution >= 0.6 is 0 Å². The molecule has 6 rings (SSSR count). The van der Waals surface area contributed by atoms with Gasteiger partial charge in [0.1, 0.15) is 5.82 Å². The quantitative estimate of drug-likeness (QED) is 0.229. The van der Waals surface area contributed by atoms with E-state index in [0.717, 1.165) is 0 Å². The molecule has 0 fully saturated rings. The molecule has 10 heteroatoms. The molecule has 1 aromatic heterocycles. The highest BCUT2D eigenvalue weighted by Gasteiger charge is 2.34. The molecule has 3 amide bonds. The first-order chi connectivity index (χ1) is 21.0. The summed E-state index contributed by atoms with van der Waals surface area (Å²) in [5.41, 5.74) is 3.04. The van der Waals surface area contributed by atoms with E-state index in [1.165, 1.54) is 17.3 Å². The van der Waals surface area contributed by atoms with Crippen molar-refractivity contribution in [2.45, 2.75) is 12.7 Å². The maximum atomic E-state index is 15.1. The lowest BCUT2D eigenvalue weighted by Crippen LogP contribution is -2.48. The smallest absolute Gasteiger partial charge is 0.321 e. The summed E-state index contributed by atoms with van der Waals surface area (Å²) < 4.78 is 15.1. The minimum atomic E-state index is -1.43. The number of benzodiazepines with no additional fused rings is 1. The van der Waals surface area contributed by atoms with Gasteiger partial charge in [0.05, 0.1) is 35.7 Å². The van der Waals surface area contributed by atoms with Crippen molar-refractivity contribution >= 4 is 34.8 Å². The molecule has 0 saturated carbocycles. The zero-order chi connectivity index (χ0) is 29.8. The van der Waals surface area contributed by atoms with E-state index in [2.05, 4.69) is 25.6 Å². The molecule has 0 spiro atoms. The Morgan fingerprint density at radius 2 is 1.56 bits per heavy atom. The van der Waals surface area contributed by atoms with Gasteiger partial charge in [0.25, 0.3) is 5.91 Å². The lowest BCUT2D eigenvalue weighted by atomic mass is 9.99. The van der Waals surface area contributed by atoms with Gasteiger partial charge in [-0.3, -0.25) is 9.59 Å². The summed E-state index contributed by atoms with van der Waals surface area (Å²) in [5.74, 6) is -1.35. The number of carbonyl (C=O) groups is 3. The maximum Gasteiger partial charge on any atom is 0.321 e. The number of anilines is 2. The van der Waals surface area contributed by atoms with Crippen LogP contribution in [0.3, 0.4) is 0 Å². The predicted molar refractivity (Wildman–Crippen MR) is 161 cm³/mol. The number of H-pyrrole nitrogens is 1. The van der Waals surface area contributed by atoms with E-state index < -0.39 is 23.9 Å². The van der Waals surface area contributed by atoms with Gasteiger partial charge in [-0.2, -0.15) is 0 Å². The summed E-state index contributed by atoms with van der Waals surface area (Å²) >= 11 is 0. The molecule has 0 radical (unpaired) electrons. The molecule has 212 valence electrons. The molecule has 1 aliphatic heterocycles. The average molecular weight is 573 g/mol. The van der Waals surface area contributed by atoms with E-state index in [1.807, 2.05) is 6.07 Å². The number of benzene rings is 4. The highest BCUT2D eigenvalue weighted by Crippen LogP contribution is 2.30. The summed E-state index contributed by atoms with van der Waals surface area (Å²) in [6, 6.07) is 27.7. The normalized spacial score (nSPS) is 14.3. The van der Waals surface area contributed by atoms with Gasteiger partial charge in [0.15, 0.2) is 5.78 Å². The molecule has 0 aliphatic carbocycles. The van der Waals surface area contributed by atoms with Crippen LogP contribution in [0.25, 0.3) is 0 Å². The number of carbonyl (C=O) groups excluding carboxylic acids is 3. The molecule has 3 N–H and O–H groups in total. The number of ketones is 1. The summed E-state index contributed by atoms with van der Waals surface area (Å²) in [6.45, 7) is 0.101. The number of amides is 3. The minimum absolute atomic E-state index is 0.101. The number of aromatic nitrogens is 2. The fourth-order valence-corrected chi connectivity index (χ4v) is 4.91. The second-order valence-corrected chi connectivity index (χ2v) is 9.72. The fourth-order valence-electron chi connectivity index (χ4n) is 4.91. The summed E-state index contributed by atoms with van der Waals surface area (Å²) in [6.07, 6.45) is 1.67. The average Bonchev–Trinajstić information content (AvgIpc) is 3.52. The predicted octanol–water partition coefficient (Wildman–Crippen LogP) is 5.31. The van der Waals surface area contributed by atoms with Crippen LogP contribution in [0.15, 0.2) is 121 Å². The Bertz CT molecular complexity index is 1840. The van der Waals surface area contributed by atoms with Crippen molar-refractivity contribution in [3.8, 4) is 0 Å². The first kappa shape index (κ1) is 27.3. The lowest BCUT2D eigenvalue weighted by Gasteiger charge is -2.25. The SMILES string of the molecule is O=C(Nc1ccccc1C(=O)c1ccccc1)N[C@@H]1N=C(c2ccccc2F)c2ccccc2N(Cc2cnc[nH]2)C1=O. The molecule has 9 nitrogen and oxygen atoms in total. The van der Waals surface area contributed by atoms with E-state index in [0.29, 0.717) is 22.5 Å². The number of imidazole rings is 1. The van der Waals surface area contributed by atoms with Crippen LogP contribution < -0.4 is 15.5 Å². The number of rotatable bonds is 7. The van der Waals surface area contributed by atoms with Gasteiger partial charge in [-0.15, -0.1) is 0 Å². The van der Waals surface area contributed by atoms with Crippen LogP contribution in [0, 0.1) is 5.82 Å². The van der Waals surface area contributed by atoms with Crippen LogP contribution in [0.1, 0.15) is 32.7 Å². The number of halogens is 1. The van der Waals surface area contributed by atoms with Gasteiger partial charge in [-0.05, 0) is 30.3 Å². The third-order valence-corrected chi connectivity index (χ3v) is 6.94. The largest absolute Gasteiger partial charge is 0.347 e. The third kappa shape index (κ3) is 5.66. The lowest BCUT2D eigenvalue weighted by molar-refractivity contribution is -0.120. The van der Waals surface area contributed by atoms with Crippen LogP contribution in [0.2, 0.25) is 0 Å². The number of aliphatic imine (C=N–C) groups is 1. The second kappa shape index (κ2) is 11.9. The van der Waals surface area contributed by atoms with Gasteiger partial charge in [0.2, 0.25) is 6.17 Å². The highest BCUT2D eigenvalue weighted by molar-refractivity contribution is 6.20. The number of hydrogen-bond acceptors (Lipinski definition) is 5. The van der Waals surface area contributed by atoms with Crippen molar-refractivity contribution in [2.24, 2.45) is 4.99 Å². The van der Waals surface area contributed by atoms with Gasteiger partial charge in [0, 0.05) is 28.5 Å². The first-order valence-electron chi connectivity index (χ1n) is 13.5. The van der Waals surface area contributed by atoms with Crippen molar-refractivity contribution in [3.05, 3.63) is 149 Å². The van der Waals surface area contributed by atoms with E-state index in [1.54, 1.807) is 97.2 Å². The molecular weight excluding hydrogens is 547 g/mol. The molecule has 0 saturated heterocycles. The topological polar surface area (TPSA) is 120 Å². The van der Waals surface area contributed by atoms with E-state index in [-0.39, 0.29) is 34.9 Å². The van der Waals surface area contributed by atoms with Crippen LogP contribution in [0.4, 0.5) is 20.6 Å². The zero-order valence-electron chi connectivity index (χ0n) is 22.7. The summed E-state index contributed by atoms with van der Waals surface area (Å²) in [5, 5.41) is 5.33. The van der Waals surface area contributed by atoms with E-state index >= 15 is 4.39 Å². The van der Waals surface area contributed by atoms with E-state index in [9.17, 15) is 14.4 Å². The molecule has 4 aromatic carbocycles. The fraction of sp³-hybridized carbons (Fsp3) is 0.0606. The Balaban J connectivity index is 1.36. The van der Waals surface area contributed by atoms with Crippen molar-refractivity contribution < 1.29 is 18.8 Å². The van der Waals surface area contributed by atoms with Gasteiger partial charge in [-0.1, -0.05) is 72.8 Å². The number of para-hydroxylation sites is 2. The van der Waals surface area contributed by atoms with Gasteiger partial charge < -0.3 is 20.5 Å². The molecule has 1 atom stereocenters. The zero-order valence-corrected chi connectivity index (χ0v) is 22.7. The Labute approximate surface area is 246 Å². The number of nitrogens with zero attached hydrogens (tertiary/aromatic N) is 3. The van der Waals surface area contributed by atoms with Crippen LogP contribution in [-0.4, -0.2) is 39.6 Å². The molecule has 0 bridgehead atoms. The van der Waals surface area contributed by atoms with Crippen molar-refractivity contribution in [3.63, 3.8) is 0 Å². The molecular formula is C33H25FN6O3. The Hall–Kier alpha value is -5.90. The number of urea groups is 1. The standard InChI is InChI=1S/C33H25FN6O3/c34-26-15-7-4-12-23(26)29-25-14-6-9-17-28(25)40(19-22-18-35-20-36-22)32(42)31(38-29)39-33(43)37-27-16-8-5-13-24(27)30(41)21-10-2-1-3-11-21/h1-18,20,31H,19H2,(H,35,36)(H2,37,39,43)/t31-/m0/s1. The number of fused-ring (bicyclic) bond motifs is 1. The Kier molecular flexibility index (Phi) is 7.56. The van der Waals surface area contributed by atoms with Gasteiger partial charge >= 0.3 is 6.03 Å². The Morgan fingerprint density at radius 3 is 2.33 bits per heavy atom. The number of nitrogens with one attached hydrogen (secondary N) is 3. The number of hydrogen-bond donors (Lipinski definition) is 3. The molecule has 43 heavy (non-hydrogen) atoms. The molecule has 2 heterocycles. The molecule has 0 unspecified atom stereocenters. The van der Waals surface area contributed by atoms with Crippen LogP contribution in [0.5, 0.6) is 0 Å². The first-order valence-corrected chi connectivity index (χ1v) is 13.5. The highest BCUT2D eigenvalue weighted by atomic mass is 19.1. The van der Waals surface area contributed by atoms with E-state index in [4.69, 9.17) is 0 Å². The summed E-state index contributed by atoms with van der Waals surface area (Å²) in [4.78, 5) is 53.7. The minimum Gasteiger partial charge on any atom is -0.347 e. The second-order valence-electron chi connectivity index (χ2n) is 9.72. The summed E-state index contributed by atoms with van der Waals surface area (Å²) in [7, 11) is 0. The third-order valence-electron chi connectivity index (χ3n) is 6.94. The van der Waals surface area contributed by atoms with Crippen molar-refractivity contribution in [1.82, 2.24) is 15.3 Å². The molecule has 5 aromatic rings.